The molecule has 0 bridgehead atoms. The second-order valence-electron chi connectivity index (χ2n) is 5.37. The average Bonchev–Trinajstić information content (AvgIpc) is 2.65. The van der Waals surface area contributed by atoms with Crippen molar-refractivity contribution in [1.29, 1.82) is 0 Å². The molecule has 0 saturated carbocycles. The second-order valence-corrected chi connectivity index (χ2v) is 5.37. The smallest absolute Gasteiger partial charge is 0.102 e. The molecule has 0 fully saturated rings. The Hall–Kier alpha value is -2.43. The molecule has 0 saturated heterocycles. The van der Waals surface area contributed by atoms with Gasteiger partial charge in [0.25, 0.3) is 0 Å². The topological polar surface area (TPSA) is 51.0 Å². The Morgan fingerprint density at radius 3 is 1.96 bits per heavy atom. The summed E-state index contributed by atoms with van der Waals surface area (Å²) in [6.07, 6.45) is 3.01. The molecule has 2 aromatic rings. The molecular weight excluding hydrogens is 302 g/mol. The number of ether oxygens (including phenoxy) is 2. The number of oxime groups is 1. The summed E-state index contributed by atoms with van der Waals surface area (Å²) >= 11 is 0. The normalized spacial score (nSPS) is 13.7. The summed E-state index contributed by atoms with van der Waals surface area (Å²) in [5, 5.41) is 11.8. The van der Waals surface area contributed by atoms with E-state index in [9.17, 15) is 0 Å². The standard InChI is InChI=1S/C20H23NO3/c1-2-19(23-15-17-9-5-3-6-10-17)20(13-14-21-22)24-16-18-11-7-4-8-12-18/h2-12,14,19-20,22H,1,13,15-16H2/b21-14-/t19-,20-/m1/s1. The van der Waals surface area contributed by atoms with Gasteiger partial charge in [-0.25, -0.2) is 0 Å². The van der Waals surface area contributed by atoms with Gasteiger partial charge in [0.15, 0.2) is 0 Å². The van der Waals surface area contributed by atoms with Crippen LogP contribution >= 0.6 is 0 Å². The fourth-order valence-corrected chi connectivity index (χ4v) is 2.32. The molecule has 0 aliphatic heterocycles. The van der Waals surface area contributed by atoms with Crippen molar-refractivity contribution >= 4 is 6.21 Å². The fourth-order valence-electron chi connectivity index (χ4n) is 2.32. The third-order valence-electron chi connectivity index (χ3n) is 3.61. The first-order valence-electron chi connectivity index (χ1n) is 7.93. The van der Waals surface area contributed by atoms with E-state index in [0.29, 0.717) is 19.6 Å². The van der Waals surface area contributed by atoms with Crippen molar-refractivity contribution < 1.29 is 14.7 Å². The van der Waals surface area contributed by atoms with Crippen LogP contribution in [0.3, 0.4) is 0 Å². The van der Waals surface area contributed by atoms with Crippen molar-refractivity contribution in [2.24, 2.45) is 5.16 Å². The molecule has 0 unspecified atom stereocenters. The molecule has 0 spiro atoms. The van der Waals surface area contributed by atoms with Crippen LogP contribution in [0.2, 0.25) is 0 Å². The van der Waals surface area contributed by atoms with Gasteiger partial charge in [0.2, 0.25) is 0 Å². The van der Waals surface area contributed by atoms with Crippen molar-refractivity contribution in [3.63, 3.8) is 0 Å². The maximum Gasteiger partial charge on any atom is 0.102 e. The molecule has 4 nitrogen and oxygen atoms in total. The summed E-state index contributed by atoms with van der Waals surface area (Å²) in [5.74, 6) is 0. The highest BCUT2D eigenvalue weighted by Crippen LogP contribution is 2.14. The minimum absolute atomic E-state index is 0.276. The Morgan fingerprint density at radius 1 is 0.917 bits per heavy atom. The molecule has 4 heteroatoms. The molecular formula is C20H23NO3. The minimum atomic E-state index is -0.299. The highest BCUT2D eigenvalue weighted by Gasteiger charge is 2.20. The summed E-state index contributed by atoms with van der Waals surface area (Å²) in [5.41, 5.74) is 2.16. The molecule has 2 rings (SSSR count). The van der Waals surface area contributed by atoms with Gasteiger partial charge < -0.3 is 14.7 Å². The third-order valence-corrected chi connectivity index (χ3v) is 3.61. The molecule has 0 radical (unpaired) electrons. The Kier molecular flexibility index (Phi) is 7.74. The summed E-state index contributed by atoms with van der Waals surface area (Å²) < 4.78 is 11.9. The number of rotatable bonds is 10. The van der Waals surface area contributed by atoms with Crippen LogP contribution in [0.25, 0.3) is 0 Å². The lowest BCUT2D eigenvalue weighted by atomic mass is 10.1. The van der Waals surface area contributed by atoms with Crippen LogP contribution in [-0.2, 0) is 22.7 Å². The van der Waals surface area contributed by atoms with Gasteiger partial charge >= 0.3 is 0 Å². The van der Waals surface area contributed by atoms with Gasteiger partial charge in [-0.2, -0.15) is 0 Å². The van der Waals surface area contributed by atoms with Gasteiger partial charge in [0, 0.05) is 12.6 Å². The van der Waals surface area contributed by atoms with Gasteiger partial charge in [-0.15, -0.1) is 11.7 Å². The Labute approximate surface area is 143 Å². The zero-order valence-corrected chi connectivity index (χ0v) is 13.6. The Morgan fingerprint density at radius 2 is 1.46 bits per heavy atom. The molecule has 0 aliphatic carbocycles. The minimum Gasteiger partial charge on any atom is -0.411 e. The van der Waals surface area contributed by atoms with E-state index in [1.54, 1.807) is 6.08 Å². The van der Waals surface area contributed by atoms with Crippen LogP contribution in [-0.4, -0.2) is 23.6 Å². The number of nitrogens with zero attached hydrogens (tertiary/aromatic N) is 1. The monoisotopic (exact) mass is 325 g/mol. The molecule has 0 aliphatic rings. The second kappa shape index (κ2) is 10.4. The van der Waals surface area contributed by atoms with Gasteiger partial charge in [0.05, 0.1) is 19.3 Å². The van der Waals surface area contributed by atoms with Crippen LogP contribution in [0.1, 0.15) is 17.5 Å². The van der Waals surface area contributed by atoms with Crippen LogP contribution in [0.5, 0.6) is 0 Å². The van der Waals surface area contributed by atoms with Crippen molar-refractivity contribution in [3.05, 3.63) is 84.4 Å². The molecule has 2 aromatic carbocycles. The maximum atomic E-state index is 8.71. The van der Waals surface area contributed by atoms with Crippen molar-refractivity contribution in [2.45, 2.75) is 31.8 Å². The molecule has 0 amide bonds. The Balaban J connectivity index is 1.96. The van der Waals surface area contributed by atoms with E-state index in [0.717, 1.165) is 11.1 Å². The van der Waals surface area contributed by atoms with Crippen LogP contribution in [0, 0.1) is 0 Å². The molecule has 24 heavy (non-hydrogen) atoms. The largest absolute Gasteiger partial charge is 0.411 e. The molecule has 126 valence electrons. The lowest BCUT2D eigenvalue weighted by Gasteiger charge is -2.24. The first-order chi connectivity index (χ1) is 11.8. The first-order valence-corrected chi connectivity index (χ1v) is 7.93. The molecule has 0 heterocycles. The summed E-state index contributed by atoms with van der Waals surface area (Å²) in [6, 6.07) is 19.9. The third kappa shape index (κ3) is 5.99. The molecule has 0 aromatic heterocycles. The quantitative estimate of drug-likeness (QED) is 0.308. The van der Waals surface area contributed by atoms with Gasteiger partial charge in [0.1, 0.15) is 6.10 Å². The lowest BCUT2D eigenvalue weighted by Crippen LogP contribution is -2.30. The van der Waals surface area contributed by atoms with Crippen LogP contribution < -0.4 is 0 Å². The average molecular weight is 325 g/mol. The molecule has 2 atom stereocenters. The fraction of sp³-hybridized carbons (Fsp3) is 0.250. The van der Waals surface area contributed by atoms with E-state index in [1.807, 2.05) is 60.7 Å². The predicted molar refractivity (Wildman–Crippen MR) is 95.1 cm³/mol. The number of benzene rings is 2. The van der Waals surface area contributed by atoms with Gasteiger partial charge in [-0.1, -0.05) is 66.7 Å². The van der Waals surface area contributed by atoms with Crippen molar-refractivity contribution in [1.82, 2.24) is 0 Å². The summed E-state index contributed by atoms with van der Waals surface area (Å²) in [6.45, 7) is 4.78. The zero-order chi connectivity index (χ0) is 17.0. The van der Waals surface area contributed by atoms with E-state index < -0.39 is 0 Å². The maximum absolute atomic E-state index is 8.71. The van der Waals surface area contributed by atoms with Crippen molar-refractivity contribution in [2.75, 3.05) is 0 Å². The SMILES string of the molecule is C=C[C@@H](OCc1ccccc1)[C@@H](C/C=N\O)OCc1ccccc1. The highest BCUT2D eigenvalue weighted by atomic mass is 16.5. The van der Waals surface area contributed by atoms with Gasteiger partial charge in [-0.05, 0) is 11.1 Å². The summed E-state index contributed by atoms with van der Waals surface area (Å²) in [7, 11) is 0. The van der Waals surface area contributed by atoms with E-state index in [2.05, 4.69) is 11.7 Å². The van der Waals surface area contributed by atoms with Crippen LogP contribution in [0.15, 0.2) is 78.5 Å². The summed E-state index contributed by atoms with van der Waals surface area (Å²) in [4.78, 5) is 0. The van der Waals surface area contributed by atoms with Gasteiger partial charge in [-0.3, -0.25) is 0 Å². The lowest BCUT2D eigenvalue weighted by molar-refractivity contribution is -0.0605. The van der Waals surface area contributed by atoms with E-state index in [-0.39, 0.29) is 12.2 Å². The zero-order valence-electron chi connectivity index (χ0n) is 13.6. The highest BCUT2D eigenvalue weighted by molar-refractivity contribution is 5.57. The Bertz CT molecular complexity index is 613. The van der Waals surface area contributed by atoms with E-state index in [1.165, 1.54) is 6.21 Å². The van der Waals surface area contributed by atoms with Crippen molar-refractivity contribution in [3.8, 4) is 0 Å². The first kappa shape index (κ1) is 17.9. The molecule has 1 N–H and O–H groups in total. The van der Waals surface area contributed by atoms with Crippen LogP contribution in [0.4, 0.5) is 0 Å². The number of hydrogen-bond acceptors (Lipinski definition) is 4. The van der Waals surface area contributed by atoms with E-state index >= 15 is 0 Å². The van der Waals surface area contributed by atoms with E-state index in [4.69, 9.17) is 14.7 Å². The number of hydrogen-bond donors (Lipinski definition) is 1. The predicted octanol–water partition coefficient (Wildman–Crippen LogP) is 4.19.